The van der Waals surface area contributed by atoms with E-state index >= 15 is 0 Å². The van der Waals surface area contributed by atoms with Gasteiger partial charge in [0.05, 0.1) is 0 Å². The van der Waals surface area contributed by atoms with Crippen LogP contribution in [0.15, 0.2) is 42.0 Å². The molecule has 0 aliphatic heterocycles. The topological polar surface area (TPSA) is 3.24 Å². The number of halogens is 1. The van der Waals surface area contributed by atoms with Gasteiger partial charge in [0.25, 0.3) is 0 Å². The van der Waals surface area contributed by atoms with Crippen molar-refractivity contribution < 1.29 is 0 Å². The normalized spacial score (nSPS) is 12.6. The Morgan fingerprint density at radius 3 is 2.45 bits per heavy atom. The van der Waals surface area contributed by atoms with Crippen molar-refractivity contribution in [1.82, 2.24) is 4.90 Å². The standard InChI is InChI=1S/C18H26ClN/c1-4-5-6-8-17(15-20(2)3)10-7-9-16-11-13-18(19)14-12-16/h7,9-14H,4-6,8,15H2,1-3H3/b9-7+,17-10+. The van der Waals surface area contributed by atoms with Crippen LogP contribution in [0.1, 0.15) is 38.2 Å². The van der Waals surface area contributed by atoms with Crippen molar-refractivity contribution >= 4 is 17.7 Å². The third kappa shape index (κ3) is 7.52. The van der Waals surface area contributed by atoms with E-state index in [1.807, 2.05) is 24.3 Å². The fraction of sp³-hybridized carbons (Fsp3) is 0.444. The fourth-order valence-electron chi connectivity index (χ4n) is 2.09. The van der Waals surface area contributed by atoms with Gasteiger partial charge in [-0.25, -0.2) is 0 Å². The van der Waals surface area contributed by atoms with Gasteiger partial charge in [-0.05, 0) is 44.6 Å². The molecule has 0 saturated heterocycles. The van der Waals surface area contributed by atoms with Gasteiger partial charge in [-0.1, -0.05) is 67.3 Å². The predicted octanol–water partition coefficient (Wildman–Crippen LogP) is 5.42. The molecule has 0 amide bonds. The lowest BCUT2D eigenvalue weighted by molar-refractivity contribution is 0.437. The molecule has 0 radical (unpaired) electrons. The van der Waals surface area contributed by atoms with Gasteiger partial charge in [0.1, 0.15) is 0 Å². The summed E-state index contributed by atoms with van der Waals surface area (Å²) in [4.78, 5) is 2.23. The van der Waals surface area contributed by atoms with E-state index in [2.05, 4.69) is 44.1 Å². The third-order valence-electron chi connectivity index (χ3n) is 3.11. The second-order valence-corrected chi connectivity index (χ2v) is 5.87. The van der Waals surface area contributed by atoms with Crippen molar-refractivity contribution in [2.45, 2.75) is 32.6 Å². The zero-order valence-electron chi connectivity index (χ0n) is 12.9. The molecule has 110 valence electrons. The first-order valence-corrected chi connectivity index (χ1v) is 7.76. The predicted molar refractivity (Wildman–Crippen MR) is 91.3 cm³/mol. The number of likely N-dealkylation sites (N-methyl/N-ethyl adjacent to an activating group) is 1. The molecule has 1 aromatic rings. The van der Waals surface area contributed by atoms with Gasteiger partial charge in [-0.2, -0.15) is 0 Å². The number of hydrogen-bond donors (Lipinski definition) is 0. The highest BCUT2D eigenvalue weighted by Crippen LogP contribution is 2.13. The molecule has 0 aliphatic rings. The average molecular weight is 292 g/mol. The van der Waals surface area contributed by atoms with E-state index in [-0.39, 0.29) is 0 Å². The third-order valence-corrected chi connectivity index (χ3v) is 3.36. The van der Waals surface area contributed by atoms with Crippen LogP contribution in [0.2, 0.25) is 5.02 Å². The van der Waals surface area contributed by atoms with E-state index in [1.165, 1.54) is 36.8 Å². The van der Waals surface area contributed by atoms with E-state index in [4.69, 9.17) is 11.6 Å². The Hall–Kier alpha value is -1.05. The Morgan fingerprint density at radius 2 is 1.85 bits per heavy atom. The monoisotopic (exact) mass is 291 g/mol. The summed E-state index contributed by atoms with van der Waals surface area (Å²) >= 11 is 5.88. The Labute approximate surface area is 128 Å². The van der Waals surface area contributed by atoms with Crippen molar-refractivity contribution in [3.8, 4) is 0 Å². The molecule has 0 N–H and O–H groups in total. The summed E-state index contributed by atoms with van der Waals surface area (Å²) in [5.74, 6) is 0. The maximum Gasteiger partial charge on any atom is 0.0406 e. The molecule has 0 aromatic heterocycles. The van der Waals surface area contributed by atoms with Crippen molar-refractivity contribution in [3.63, 3.8) is 0 Å². The molecule has 1 aromatic carbocycles. The zero-order valence-corrected chi connectivity index (χ0v) is 13.7. The zero-order chi connectivity index (χ0) is 14.8. The quantitative estimate of drug-likeness (QED) is 0.456. The largest absolute Gasteiger partial charge is 0.305 e. The van der Waals surface area contributed by atoms with E-state index < -0.39 is 0 Å². The summed E-state index contributed by atoms with van der Waals surface area (Å²) < 4.78 is 0. The SMILES string of the molecule is CCCCC/C(=C\C=C\c1ccc(Cl)cc1)CN(C)C. The Balaban J connectivity index is 2.61. The van der Waals surface area contributed by atoms with E-state index in [0.29, 0.717) is 0 Å². The molecule has 20 heavy (non-hydrogen) atoms. The number of benzene rings is 1. The second-order valence-electron chi connectivity index (χ2n) is 5.43. The minimum atomic E-state index is 0.783. The van der Waals surface area contributed by atoms with Crippen molar-refractivity contribution in [2.75, 3.05) is 20.6 Å². The molecule has 0 fully saturated rings. The summed E-state index contributed by atoms with van der Waals surface area (Å²) in [6, 6.07) is 7.92. The van der Waals surface area contributed by atoms with Crippen molar-refractivity contribution in [3.05, 3.63) is 52.6 Å². The highest BCUT2D eigenvalue weighted by molar-refractivity contribution is 6.30. The summed E-state index contributed by atoms with van der Waals surface area (Å²) in [7, 11) is 4.24. The minimum Gasteiger partial charge on any atom is -0.305 e. The van der Waals surface area contributed by atoms with Crippen LogP contribution in [0.3, 0.4) is 0 Å². The lowest BCUT2D eigenvalue weighted by Gasteiger charge is -2.12. The van der Waals surface area contributed by atoms with Gasteiger partial charge in [-0.3, -0.25) is 0 Å². The van der Waals surface area contributed by atoms with Crippen LogP contribution >= 0.6 is 11.6 Å². The molecule has 0 bridgehead atoms. The summed E-state index contributed by atoms with van der Waals surface area (Å²) in [6.45, 7) is 3.28. The maximum absolute atomic E-state index is 5.88. The van der Waals surface area contributed by atoms with Gasteiger partial charge in [0.15, 0.2) is 0 Å². The Bertz CT molecular complexity index is 429. The number of unbranched alkanes of at least 4 members (excludes halogenated alkanes) is 2. The van der Waals surface area contributed by atoms with Crippen LogP contribution < -0.4 is 0 Å². The molecule has 0 atom stereocenters. The highest BCUT2D eigenvalue weighted by atomic mass is 35.5. The lowest BCUT2D eigenvalue weighted by Crippen LogP contribution is -2.15. The van der Waals surface area contributed by atoms with Crippen molar-refractivity contribution in [2.24, 2.45) is 0 Å². The summed E-state index contributed by atoms with van der Waals surface area (Å²) in [6.07, 6.45) is 11.6. The molecule has 0 spiro atoms. The second kappa shape index (κ2) is 9.79. The molecular formula is C18H26ClN. The number of nitrogens with zero attached hydrogens (tertiary/aromatic N) is 1. The Morgan fingerprint density at radius 1 is 1.15 bits per heavy atom. The molecule has 0 aliphatic carbocycles. The lowest BCUT2D eigenvalue weighted by atomic mass is 10.1. The van der Waals surface area contributed by atoms with Crippen LogP contribution in [-0.2, 0) is 0 Å². The van der Waals surface area contributed by atoms with Crippen LogP contribution in [0.4, 0.5) is 0 Å². The highest BCUT2D eigenvalue weighted by Gasteiger charge is 1.98. The summed E-state index contributed by atoms with van der Waals surface area (Å²) in [5.41, 5.74) is 2.68. The first-order chi connectivity index (χ1) is 9.61. The van der Waals surface area contributed by atoms with Gasteiger partial charge < -0.3 is 4.90 Å². The molecule has 0 unspecified atom stereocenters. The smallest absolute Gasteiger partial charge is 0.0406 e. The maximum atomic E-state index is 5.88. The minimum absolute atomic E-state index is 0.783. The van der Waals surface area contributed by atoms with Gasteiger partial charge >= 0.3 is 0 Å². The molecule has 1 rings (SSSR count). The van der Waals surface area contributed by atoms with Gasteiger partial charge in [-0.15, -0.1) is 0 Å². The van der Waals surface area contributed by atoms with Crippen LogP contribution in [0, 0.1) is 0 Å². The molecule has 0 saturated carbocycles. The Kier molecular flexibility index (Phi) is 8.32. The van der Waals surface area contributed by atoms with E-state index in [0.717, 1.165) is 11.6 Å². The number of hydrogen-bond acceptors (Lipinski definition) is 1. The number of allylic oxidation sites excluding steroid dienone is 2. The van der Waals surface area contributed by atoms with Crippen LogP contribution in [-0.4, -0.2) is 25.5 Å². The fourth-order valence-corrected chi connectivity index (χ4v) is 2.22. The van der Waals surface area contributed by atoms with Gasteiger partial charge in [0, 0.05) is 11.6 Å². The number of rotatable bonds is 8. The molecule has 2 heteroatoms. The average Bonchev–Trinajstić information content (AvgIpc) is 2.40. The molecule has 1 nitrogen and oxygen atoms in total. The molecular weight excluding hydrogens is 266 g/mol. The van der Waals surface area contributed by atoms with E-state index in [1.54, 1.807) is 0 Å². The molecule has 0 heterocycles. The first kappa shape index (κ1) is 17.0. The van der Waals surface area contributed by atoms with Crippen LogP contribution in [0.5, 0.6) is 0 Å². The van der Waals surface area contributed by atoms with Crippen LogP contribution in [0.25, 0.3) is 6.08 Å². The van der Waals surface area contributed by atoms with E-state index in [9.17, 15) is 0 Å². The first-order valence-electron chi connectivity index (χ1n) is 7.38. The van der Waals surface area contributed by atoms with Crippen molar-refractivity contribution in [1.29, 1.82) is 0 Å². The van der Waals surface area contributed by atoms with Gasteiger partial charge in [0.2, 0.25) is 0 Å². The summed E-state index contributed by atoms with van der Waals surface area (Å²) in [5, 5.41) is 0.783.